The summed E-state index contributed by atoms with van der Waals surface area (Å²) >= 11 is 0. The number of hydrogen-bond acceptors (Lipinski definition) is 4. The molecule has 0 heterocycles. The highest BCUT2D eigenvalue weighted by Crippen LogP contribution is 2.36. The zero-order valence-corrected chi connectivity index (χ0v) is 14.9. The monoisotopic (exact) mass is 341 g/mol. The number of nitrogens with one attached hydrogen (secondary N) is 1. The molecule has 0 amide bonds. The van der Waals surface area contributed by atoms with E-state index in [0.717, 1.165) is 35.1 Å². The van der Waals surface area contributed by atoms with Gasteiger partial charge in [-0.1, -0.05) is 50.2 Å². The first-order chi connectivity index (χ1) is 12.1. The molecule has 2 atom stereocenters. The molecule has 2 aromatic rings. The minimum atomic E-state index is -0.556. The summed E-state index contributed by atoms with van der Waals surface area (Å²) < 4.78 is 5.95. The molecule has 134 valence electrons. The van der Waals surface area contributed by atoms with Crippen LogP contribution in [0.5, 0.6) is 5.75 Å². The second kappa shape index (κ2) is 8.00. The Labute approximate surface area is 149 Å². The average Bonchev–Trinajstić information content (AvgIpc) is 2.62. The molecule has 2 aromatic carbocycles. The molecule has 3 N–H and O–H groups in total. The quantitative estimate of drug-likeness (QED) is 0.755. The van der Waals surface area contributed by atoms with Crippen LogP contribution in [0.4, 0.5) is 0 Å². The third-order valence-electron chi connectivity index (χ3n) is 4.77. The van der Waals surface area contributed by atoms with Gasteiger partial charge in [0, 0.05) is 17.6 Å². The fraction of sp³-hybridized carbons (Fsp3) is 0.429. The Kier molecular flexibility index (Phi) is 5.74. The molecule has 0 saturated carbocycles. The van der Waals surface area contributed by atoms with Crippen LogP contribution < -0.4 is 10.1 Å². The van der Waals surface area contributed by atoms with Crippen molar-refractivity contribution in [3.05, 3.63) is 64.7 Å². The van der Waals surface area contributed by atoms with Gasteiger partial charge in [0.25, 0.3) is 0 Å². The van der Waals surface area contributed by atoms with E-state index in [1.807, 2.05) is 42.5 Å². The SMILES string of the molecule is CC(C)N[C@H]1CCc2c(ccc(OCc3ccccc3)c2CO)[C@@H]1O. The van der Waals surface area contributed by atoms with Crippen LogP contribution in [0.3, 0.4) is 0 Å². The molecule has 0 unspecified atom stereocenters. The lowest BCUT2D eigenvalue weighted by Crippen LogP contribution is -2.42. The maximum absolute atomic E-state index is 10.7. The zero-order chi connectivity index (χ0) is 17.8. The third-order valence-corrected chi connectivity index (χ3v) is 4.77. The van der Waals surface area contributed by atoms with E-state index in [9.17, 15) is 10.2 Å². The highest BCUT2D eigenvalue weighted by Gasteiger charge is 2.30. The molecule has 4 heteroatoms. The number of hydrogen-bond donors (Lipinski definition) is 3. The fourth-order valence-corrected chi connectivity index (χ4v) is 3.58. The highest BCUT2D eigenvalue weighted by molar-refractivity contribution is 5.47. The summed E-state index contributed by atoms with van der Waals surface area (Å²) in [7, 11) is 0. The molecule has 3 rings (SSSR count). The van der Waals surface area contributed by atoms with Gasteiger partial charge < -0.3 is 20.3 Å². The van der Waals surface area contributed by atoms with Gasteiger partial charge in [-0.15, -0.1) is 0 Å². The lowest BCUT2D eigenvalue weighted by Gasteiger charge is -2.33. The van der Waals surface area contributed by atoms with Crippen LogP contribution in [0, 0.1) is 0 Å². The van der Waals surface area contributed by atoms with E-state index < -0.39 is 6.10 Å². The lowest BCUT2D eigenvalue weighted by molar-refractivity contribution is 0.109. The summed E-state index contributed by atoms with van der Waals surface area (Å²) in [5.41, 5.74) is 3.82. The molecular weight excluding hydrogens is 314 g/mol. The van der Waals surface area contributed by atoms with Gasteiger partial charge >= 0.3 is 0 Å². The van der Waals surface area contributed by atoms with Crippen LogP contribution in [-0.4, -0.2) is 22.3 Å². The van der Waals surface area contributed by atoms with Crippen molar-refractivity contribution in [3.63, 3.8) is 0 Å². The van der Waals surface area contributed by atoms with Gasteiger partial charge in [-0.05, 0) is 35.6 Å². The van der Waals surface area contributed by atoms with Crippen molar-refractivity contribution in [1.82, 2.24) is 5.32 Å². The topological polar surface area (TPSA) is 61.7 Å². The van der Waals surface area contributed by atoms with E-state index in [4.69, 9.17) is 4.74 Å². The largest absolute Gasteiger partial charge is 0.489 e. The molecule has 1 aliphatic rings. The standard InChI is InChI=1S/C21H27NO3/c1-14(2)22-19-10-8-16-17(21(19)24)9-11-20(18(16)12-23)25-13-15-6-4-3-5-7-15/h3-7,9,11,14,19,21-24H,8,10,12-13H2,1-2H3/t19-,21-/m0/s1. The summed E-state index contributed by atoms with van der Waals surface area (Å²) in [6.45, 7) is 4.55. The second-order valence-corrected chi connectivity index (χ2v) is 6.95. The molecule has 0 aromatic heterocycles. The Bertz CT molecular complexity index is 700. The normalized spacial score (nSPS) is 19.7. The number of aliphatic hydroxyl groups is 2. The van der Waals surface area contributed by atoms with E-state index in [1.54, 1.807) is 0 Å². The molecule has 25 heavy (non-hydrogen) atoms. The van der Waals surface area contributed by atoms with Crippen molar-refractivity contribution in [2.24, 2.45) is 0 Å². The number of benzene rings is 2. The maximum Gasteiger partial charge on any atom is 0.125 e. The molecule has 0 spiro atoms. The summed E-state index contributed by atoms with van der Waals surface area (Å²) in [6.07, 6.45) is 1.12. The first-order valence-electron chi connectivity index (χ1n) is 8.96. The minimum Gasteiger partial charge on any atom is -0.489 e. The molecule has 1 aliphatic carbocycles. The third kappa shape index (κ3) is 4.03. The maximum atomic E-state index is 10.7. The predicted octanol–water partition coefficient (Wildman–Crippen LogP) is 3.10. The number of aliphatic hydroxyl groups excluding tert-OH is 2. The van der Waals surface area contributed by atoms with Crippen LogP contribution in [0.2, 0.25) is 0 Å². The van der Waals surface area contributed by atoms with Crippen molar-refractivity contribution >= 4 is 0 Å². The van der Waals surface area contributed by atoms with E-state index in [-0.39, 0.29) is 12.6 Å². The van der Waals surface area contributed by atoms with Crippen molar-refractivity contribution in [2.45, 2.75) is 58.1 Å². The van der Waals surface area contributed by atoms with Gasteiger partial charge in [-0.3, -0.25) is 0 Å². The average molecular weight is 341 g/mol. The molecule has 0 saturated heterocycles. The first kappa shape index (κ1) is 17.9. The minimum absolute atomic E-state index is 0.0510. The summed E-state index contributed by atoms with van der Waals surface area (Å²) in [5, 5.41) is 24.0. The Morgan fingerprint density at radius 2 is 1.92 bits per heavy atom. The zero-order valence-electron chi connectivity index (χ0n) is 14.9. The van der Waals surface area contributed by atoms with E-state index >= 15 is 0 Å². The summed E-state index contributed by atoms with van der Waals surface area (Å²) in [5.74, 6) is 0.701. The van der Waals surface area contributed by atoms with Crippen LogP contribution in [0.1, 0.15) is 48.6 Å². The molecule has 0 aliphatic heterocycles. The number of fused-ring (bicyclic) bond motifs is 1. The van der Waals surface area contributed by atoms with Gasteiger partial charge in [0.2, 0.25) is 0 Å². The lowest BCUT2D eigenvalue weighted by atomic mass is 9.83. The van der Waals surface area contributed by atoms with Crippen LogP contribution in [0.15, 0.2) is 42.5 Å². The number of rotatable bonds is 6. The first-order valence-corrected chi connectivity index (χ1v) is 8.96. The molecule has 0 radical (unpaired) electrons. The Hall–Kier alpha value is -1.88. The van der Waals surface area contributed by atoms with Gasteiger partial charge in [0.05, 0.1) is 12.7 Å². The van der Waals surface area contributed by atoms with Crippen molar-refractivity contribution in [3.8, 4) is 5.75 Å². The van der Waals surface area contributed by atoms with Gasteiger partial charge in [0.15, 0.2) is 0 Å². The second-order valence-electron chi connectivity index (χ2n) is 6.95. The van der Waals surface area contributed by atoms with Gasteiger partial charge in [-0.25, -0.2) is 0 Å². The van der Waals surface area contributed by atoms with Crippen molar-refractivity contribution in [2.75, 3.05) is 0 Å². The summed E-state index contributed by atoms with van der Waals surface area (Å²) in [4.78, 5) is 0. The summed E-state index contributed by atoms with van der Waals surface area (Å²) in [6, 6.07) is 14.2. The van der Waals surface area contributed by atoms with Gasteiger partial charge in [-0.2, -0.15) is 0 Å². The molecule has 0 bridgehead atoms. The van der Waals surface area contributed by atoms with Crippen LogP contribution >= 0.6 is 0 Å². The molecule has 0 fully saturated rings. The Morgan fingerprint density at radius 3 is 2.60 bits per heavy atom. The van der Waals surface area contributed by atoms with Crippen molar-refractivity contribution < 1.29 is 14.9 Å². The Morgan fingerprint density at radius 1 is 1.16 bits per heavy atom. The van der Waals surface area contributed by atoms with E-state index in [1.165, 1.54) is 0 Å². The number of ether oxygens (including phenoxy) is 1. The van der Waals surface area contributed by atoms with E-state index in [0.29, 0.717) is 18.4 Å². The molecule has 4 nitrogen and oxygen atoms in total. The van der Waals surface area contributed by atoms with Gasteiger partial charge in [0.1, 0.15) is 12.4 Å². The van der Waals surface area contributed by atoms with Crippen molar-refractivity contribution in [1.29, 1.82) is 0 Å². The molecular formula is C21H27NO3. The predicted molar refractivity (Wildman–Crippen MR) is 98.5 cm³/mol. The van der Waals surface area contributed by atoms with Crippen LogP contribution in [-0.2, 0) is 19.6 Å². The highest BCUT2D eigenvalue weighted by atomic mass is 16.5. The fourth-order valence-electron chi connectivity index (χ4n) is 3.58. The Balaban J connectivity index is 1.81. The van der Waals surface area contributed by atoms with Crippen LogP contribution in [0.25, 0.3) is 0 Å². The smallest absolute Gasteiger partial charge is 0.125 e. The van der Waals surface area contributed by atoms with E-state index in [2.05, 4.69) is 19.2 Å².